The first-order valence-electron chi connectivity index (χ1n) is 4.28. The fourth-order valence-corrected chi connectivity index (χ4v) is 2.02. The zero-order valence-corrected chi connectivity index (χ0v) is 8.57. The molecule has 66 valence electrons. The topological polar surface area (TPSA) is 17.1 Å². The summed E-state index contributed by atoms with van der Waals surface area (Å²) in [4.78, 5) is 13.7. The van der Waals surface area contributed by atoms with Crippen LogP contribution in [0.25, 0.3) is 0 Å². The highest BCUT2D eigenvalue weighted by Crippen LogP contribution is 2.19. The predicted octanol–water partition coefficient (Wildman–Crippen LogP) is 3.15. The number of hydrogen-bond acceptors (Lipinski definition) is 2. The van der Waals surface area contributed by atoms with Crippen LogP contribution in [0.3, 0.4) is 0 Å². The molecule has 0 saturated carbocycles. The van der Waals surface area contributed by atoms with Crippen LogP contribution in [0.1, 0.15) is 35.3 Å². The Balaban J connectivity index is 2.82. The molecule has 0 aromatic carbocycles. The summed E-state index contributed by atoms with van der Waals surface area (Å²) >= 11 is 1.62. The van der Waals surface area contributed by atoms with Crippen molar-refractivity contribution in [1.29, 1.82) is 0 Å². The van der Waals surface area contributed by atoms with Gasteiger partial charge in [0.1, 0.15) is 0 Å². The Kier molecular flexibility index (Phi) is 3.04. The summed E-state index contributed by atoms with van der Waals surface area (Å²) < 4.78 is 0. The fourth-order valence-electron chi connectivity index (χ4n) is 0.985. The van der Waals surface area contributed by atoms with Crippen molar-refractivity contribution in [3.8, 4) is 0 Å². The second-order valence-corrected chi connectivity index (χ2v) is 4.31. The van der Waals surface area contributed by atoms with E-state index < -0.39 is 0 Å². The first kappa shape index (κ1) is 9.46. The third kappa shape index (κ3) is 1.95. The molecule has 0 amide bonds. The number of rotatable bonds is 3. The smallest absolute Gasteiger partial charge is 0.175 e. The highest BCUT2D eigenvalue weighted by molar-refractivity contribution is 7.14. The number of carbonyl (C=O) groups excluding carboxylic acids is 1. The molecule has 1 aromatic heterocycles. The summed E-state index contributed by atoms with van der Waals surface area (Å²) in [6.07, 6.45) is 1.02. The van der Waals surface area contributed by atoms with E-state index in [1.54, 1.807) is 11.3 Å². The third-order valence-electron chi connectivity index (χ3n) is 1.78. The Morgan fingerprint density at radius 1 is 1.50 bits per heavy atom. The zero-order chi connectivity index (χ0) is 9.14. The number of carbonyl (C=O) groups is 1. The minimum atomic E-state index is 0.119. The lowest BCUT2D eigenvalue weighted by atomic mass is 10.1. The van der Waals surface area contributed by atoms with Gasteiger partial charge in [-0.05, 0) is 18.6 Å². The summed E-state index contributed by atoms with van der Waals surface area (Å²) in [5, 5.41) is 0. The van der Waals surface area contributed by atoms with Gasteiger partial charge in [0.2, 0.25) is 0 Å². The van der Waals surface area contributed by atoms with Crippen molar-refractivity contribution in [2.24, 2.45) is 5.92 Å². The van der Waals surface area contributed by atoms with Crippen molar-refractivity contribution in [2.75, 3.05) is 0 Å². The predicted molar refractivity (Wildman–Crippen MR) is 52.9 cm³/mol. The molecular weight excluding hydrogens is 168 g/mol. The highest BCUT2D eigenvalue weighted by atomic mass is 32.1. The maximum atomic E-state index is 11.5. The van der Waals surface area contributed by atoms with E-state index in [-0.39, 0.29) is 11.7 Å². The van der Waals surface area contributed by atoms with Crippen molar-refractivity contribution in [1.82, 2.24) is 0 Å². The van der Waals surface area contributed by atoms with Crippen LogP contribution in [-0.4, -0.2) is 5.78 Å². The molecular formula is C10H14OS. The van der Waals surface area contributed by atoms with Gasteiger partial charge in [-0.1, -0.05) is 20.8 Å². The lowest BCUT2D eigenvalue weighted by Crippen LogP contribution is -2.04. The molecule has 0 aliphatic heterocycles. The van der Waals surface area contributed by atoms with Crippen LogP contribution >= 0.6 is 11.3 Å². The Hall–Kier alpha value is -0.630. The fraction of sp³-hybridized carbons (Fsp3) is 0.500. The zero-order valence-electron chi connectivity index (χ0n) is 7.76. The molecule has 0 unspecified atom stereocenters. The molecule has 1 rings (SSSR count). The van der Waals surface area contributed by atoms with Gasteiger partial charge in [-0.3, -0.25) is 4.79 Å². The van der Waals surface area contributed by atoms with E-state index in [2.05, 4.69) is 6.92 Å². The van der Waals surface area contributed by atoms with Gasteiger partial charge in [0.15, 0.2) is 5.78 Å². The monoisotopic (exact) mass is 182 g/mol. The van der Waals surface area contributed by atoms with Crippen molar-refractivity contribution < 1.29 is 4.79 Å². The van der Waals surface area contributed by atoms with Gasteiger partial charge in [-0.2, -0.15) is 0 Å². The number of ketones is 1. The number of hydrogen-bond donors (Lipinski definition) is 0. The van der Waals surface area contributed by atoms with E-state index in [1.165, 1.54) is 4.88 Å². The standard InChI is InChI=1S/C10H14OS/c1-4-8-5-6-9(12-8)10(11)7(2)3/h5-7H,4H2,1-3H3. The van der Waals surface area contributed by atoms with Crippen LogP contribution in [0.4, 0.5) is 0 Å². The van der Waals surface area contributed by atoms with Crippen molar-refractivity contribution in [3.63, 3.8) is 0 Å². The van der Waals surface area contributed by atoms with Crippen LogP contribution in [0.15, 0.2) is 12.1 Å². The van der Waals surface area contributed by atoms with E-state index in [1.807, 2.05) is 26.0 Å². The van der Waals surface area contributed by atoms with E-state index in [4.69, 9.17) is 0 Å². The van der Waals surface area contributed by atoms with Crippen LogP contribution < -0.4 is 0 Å². The average molecular weight is 182 g/mol. The van der Waals surface area contributed by atoms with Crippen LogP contribution in [0.2, 0.25) is 0 Å². The molecule has 0 aliphatic carbocycles. The van der Waals surface area contributed by atoms with Gasteiger partial charge >= 0.3 is 0 Å². The van der Waals surface area contributed by atoms with E-state index >= 15 is 0 Å². The lowest BCUT2D eigenvalue weighted by Gasteiger charge is -1.98. The normalized spacial score (nSPS) is 10.7. The molecule has 2 heteroatoms. The summed E-state index contributed by atoms with van der Waals surface area (Å²) in [6, 6.07) is 3.98. The number of aryl methyl sites for hydroxylation is 1. The Morgan fingerprint density at radius 3 is 2.58 bits per heavy atom. The molecule has 0 bridgehead atoms. The van der Waals surface area contributed by atoms with Crippen molar-refractivity contribution in [3.05, 3.63) is 21.9 Å². The van der Waals surface area contributed by atoms with Gasteiger partial charge in [0.05, 0.1) is 4.88 Å². The minimum Gasteiger partial charge on any atom is -0.293 e. The minimum absolute atomic E-state index is 0.119. The van der Waals surface area contributed by atoms with Crippen LogP contribution in [-0.2, 0) is 6.42 Å². The molecule has 1 heterocycles. The molecule has 12 heavy (non-hydrogen) atoms. The highest BCUT2D eigenvalue weighted by Gasteiger charge is 2.11. The summed E-state index contributed by atoms with van der Waals surface area (Å²) in [5.41, 5.74) is 0. The molecule has 0 saturated heterocycles. The molecule has 0 radical (unpaired) electrons. The second-order valence-electron chi connectivity index (χ2n) is 3.14. The molecule has 0 aliphatic rings. The number of Topliss-reactive ketones (excluding diaryl/α,β-unsaturated/α-hetero) is 1. The third-order valence-corrected chi connectivity index (χ3v) is 3.02. The molecule has 1 nitrogen and oxygen atoms in total. The maximum Gasteiger partial charge on any atom is 0.175 e. The first-order chi connectivity index (χ1) is 5.65. The Labute approximate surface area is 77.4 Å². The molecule has 0 spiro atoms. The van der Waals surface area contributed by atoms with E-state index in [9.17, 15) is 4.79 Å². The van der Waals surface area contributed by atoms with E-state index in [0.29, 0.717) is 0 Å². The molecule has 1 aromatic rings. The number of thiophene rings is 1. The SMILES string of the molecule is CCc1ccc(C(=O)C(C)C)s1. The Bertz CT molecular complexity index is 273. The lowest BCUT2D eigenvalue weighted by molar-refractivity contribution is 0.0943. The summed E-state index contributed by atoms with van der Waals surface area (Å²) in [7, 11) is 0. The Morgan fingerprint density at radius 2 is 2.17 bits per heavy atom. The van der Waals surface area contributed by atoms with Crippen LogP contribution in [0, 0.1) is 5.92 Å². The molecule has 0 atom stereocenters. The largest absolute Gasteiger partial charge is 0.293 e. The van der Waals surface area contributed by atoms with Gasteiger partial charge < -0.3 is 0 Å². The average Bonchev–Trinajstić information content (AvgIpc) is 2.50. The quantitative estimate of drug-likeness (QED) is 0.656. The van der Waals surface area contributed by atoms with Crippen LogP contribution in [0.5, 0.6) is 0 Å². The van der Waals surface area contributed by atoms with Gasteiger partial charge in [-0.25, -0.2) is 0 Å². The van der Waals surface area contributed by atoms with E-state index in [0.717, 1.165) is 11.3 Å². The van der Waals surface area contributed by atoms with Gasteiger partial charge in [0, 0.05) is 10.8 Å². The van der Waals surface area contributed by atoms with Crippen molar-refractivity contribution >= 4 is 17.1 Å². The van der Waals surface area contributed by atoms with Gasteiger partial charge in [-0.15, -0.1) is 11.3 Å². The molecule has 0 N–H and O–H groups in total. The first-order valence-corrected chi connectivity index (χ1v) is 5.09. The van der Waals surface area contributed by atoms with Crippen molar-refractivity contribution in [2.45, 2.75) is 27.2 Å². The second kappa shape index (κ2) is 3.85. The summed E-state index contributed by atoms with van der Waals surface area (Å²) in [5.74, 6) is 0.382. The maximum absolute atomic E-state index is 11.5. The van der Waals surface area contributed by atoms with Gasteiger partial charge in [0.25, 0.3) is 0 Å². The molecule has 0 fully saturated rings. The summed E-state index contributed by atoms with van der Waals surface area (Å²) in [6.45, 7) is 5.98.